The monoisotopic (exact) mass is 327 g/mol. The van der Waals surface area contributed by atoms with Crippen LogP contribution < -0.4 is 10.1 Å². The van der Waals surface area contributed by atoms with Crippen LogP contribution in [0.25, 0.3) is 6.08 Å². The Morgan fingerprint density at radius 1 is 1.47 bits per heavy atom. The molecule has 0 aromatic heterocycles. The van der Waals surface area contributed by atoms with Gasteiger partial charge in [0.15, 0.2) is 0 Å². The molecular weight excluding hydrogens is 310 g/mol. The molecule has 0 fully saturated rings. The predicted molar refractivity (Wildman–Crippen MR) is 79.2 cm³/mol. The number of halogens is 1. The van der Waals surface area contributed by atoms with Crippen LogP contribution in [0.2, 0.25) is 0 Å². The number of amides is 1. The van der Waals surface area contributed by atoms with Gasteiger partial charge in [-0.25, -0.2) is 0 Å². The number of hydrogen-bond donors (Lipinski definition) is 1. The fourth-order valence-corrected chi connectivity index (χ4v) is 1.96. The second-order valence-electron chi connectivity index (χ2n) is 4.08. The zero-order valence-corrected chi connectivity index (χ0v) is 12.9. The van der Waals surface area contributed by atoms with Crippen molar-refractivity contribution < 1.29 is 14.3 Å². The lowest BCUT2D eigenvalue weighted by Gasteiger charge is -2.10. The van der Waals surface area contributed by atoms with E-state index in [9.17, 15) is 4.79 Å². The number of nitrogens with one attached hydrogen (secondary N) is 1. The molecule has 104 valence electrons. The minimum Gasteiger partial charge on any atom is -0.496 e. The summed E-state index contributed by atoms with van der Waals surface area (Å²) in [6, 6.07) is 5.60. The van der Waals surface area contributed by atoms with Crippen molar-refractivity contribution in [3.05, 3.63) is 34.3 Å². The van der Waals surface area contributed by atoms with Gasteiger partial charge in [0.05, 0.1) is 13.7 Å². The van der Waals surface area contributed by atoms with Crippen LogP contribution in [-0.2, 0) is 9.53 Å². The zero-order valence-electron chi connectivity index (χ0n) is 11.3. The Kier molecular flexibility index (Phi) is 6.59. The molecule has 4 nitrogen and oxygen atoms in total. The maximum Gasteiger partial charge on any atom is 0.244 e. The summed E-state index contributed by atoms with van der Waals surface area (Å²) in [6.45, 7) is 2.37. The fourth-order valence-electron chi connectivity index (χ4n) is 1.58. The van der Waals surface area contributed by atoms with Gasteiger partial charge in [0.1, 0.15) is 5.75 Å². The van der Waals surface area contributed by atoms with Gasteiger partial charge < -0.3 is 14.8 Å². The second-order valence-corrected chi connectivity index (χ2v) is 5.00. The van der Waals surface area contributed by atoms with Crippen LogP contribution in [0, 0.1) is 0 Å². The van der Waals surface area contributed by atoms with Crippen molar-refractivity contribution in [3.8, 4) is 5.75 Å². The van der Waals surface area contributed by atoms with Gasteiger partial charge in [0, 0.05) is 29.3 Å². The van der Waals surface area contributed by atoms with Crippen LogP contribution in [0.15, 0.2) is 28.7 Å². The third kappa shape index (κ3) is 5.44. The van der Waals surface area contributed by atoms with Gasteiger partial charge >= 0.3 is 0 Å². The topological polar surface area (TPSA) is 47.6 Å². The number of methoxy groups -OCH3 is 2. The summed E-state index contributed by atoms with van der Waals surface area (Å²) in [4.78, 5) is 11.7. The highest BCUT2D eigenvalue weighted by atomic mass is 79.9. The van der Waals surface area contributed by atoms with E-state index in [0.717, 1.165) is 15.8 Å². The predicted octanol–water partition coefficient (Wildman–Crippen LogP) is 2.62. The molecule has 1 atom stereocenters. The first kappa shape index (κ1) is 15.7. The number of carbonyl (C=O) groups is 1. The lowest BCUT2D eigenvalue weighted by atomic mass is 10.2. The summed E-state index contributed by atoms with van der Waals surface area (Å²) in [5, 5.41) is 2.80. The summed E-state index contributed by atoms with van der Waals surface area (Å²) in [5.41, 5.74) is 0.839. The van der Waals surface area contributed by atoms with Crippen LogP contribution in [0.3, 0.4) is 0 Å². The lowest BCUT2D eigenvalue weighted by molar-refractivity contribution is -0.117. The highest BCUT2D eigenvalue weighted by molar-refractivity contribution is 9.10. The van der Waals surface area contributed by atoms with E-state index in [-0.39, 0.29) is 11.9 Å². The number of carbonyl (C=O) groups excluding carboxylic acids is 1. The molecule has 0 saturated carbocycles. The molecule has 5 heteroatoms. The molecule has 1 aromatic rings. The van der Waals surface area contributed by atoms with Gasteiger partial charge in [0.25, 0.3) is 0 Å². The minimum absolute atomic E-state index is 0.0217. The SMILES string of the molecule is COCC(C)NC(=O)C=Cc1cc(Br)ccc1OC. The Bertz CT molecular complexity index is 460. The maximum atomic E-state index is 11.7. The van der Waals surface area contributed by atoms with Gasteiger partial charge in [-0.15, -0.1) is 0 Å². The largest absolute Gasteiger partial charge is 0.496 e. The zero-order chi connectivity index (χ0) is 14.3. The van der Waals surface area contributed by atoms with E-state index in [1.807, 2.05) is 25.1 Å². The van der Waals surface area contributed by atoms with Crippen LogP contribution in [0.4, 0.5) is 0 Å². The molecule has 0 heterocycles. The van der Waals surface area contributed by atoms with E-state index in [0.29, 0.717) is 6.61 Å². The Morgan fingerprint density at radius 2 is 2.21 bits per heavy atom. The summed E-state index contributed by atoms with van der Waals surface area (Å²) in [7, 11) is 3.20. The van der Waals surface area contributed by atoms with Crippen LogP contribution in [0.5, 0.6) is 5.75 Å². The number of ether oxygens (including phenoxy) is 2. The average Bonchev–Trinajstić information content (AvgIpc) is 2.36. The van der Waals surface area contributed by atoms with E-state index in [2.05, 4.69) is 21.2 Å². The van der Waals surface area contributed by atoms with Crippen LogP contribution >= 0.6 is 15.9 Å². The molecule has 19 heavy (non-hydrogen) atoms. The first-order valence-corrected chi connectivity index (χ1v) is 6.67. The summed E-state index contributed by atoms with van der Waals surface area (Å²) in [6.07, 6.45) is 3.20. The molecule has 0 aliphatic carbocycles. The van der Waals surface area contributed by atoms with E-state index in [1.54, 1.807) is 20.3 Å². The first-order chi connectivity index (χ1) is 9.06. The van der Waals surface area contributed by atoms with Crippen molar-refractivity contribution in [3.63, 3.8) is 0 Å². The van der Waals surface area contributed by atoms with Gasteiger partial charge in [-0.1, -0.05) is 15.9 Å². The molecule has 0 bridgehead atoms. The van der Waals surface area contributed by atoms with Crippen molar-refractivity contribution in [2.24, 2.45) is 0 Å². The molecule has 0 aliphatic rings. The van der Waals surface area contributed by atoms with Crippen molar-refractivity contribution in [1.29, 1.82) is 0 Å². The average molecular weight is 328 g/mol. The van der Waals surface area contributed by atoms with Crippen molar-refractivity contribution >= 4 is 27.9 Å². The molecule has 1 amide bonds. The highest BCUT2D eigenvalue weighted by Crippen LogP contribution is 2.23. The van der Waals surface area contributed by atoms with Crippen molar-refractivity contribution in [1.82, 2.24) is 5.32 Å². The summed E-state index contributed by atoms with van der Waals surface area (Å²) >= 11 is 3.39. The summed E-state index contributed by atoms with van der Waals surface area (Å²) < 4.78 is 11.1. The Hall–Kier alpha value is -1.33. The van der Waals surface area contributed by atoms with Gasteiger partial charge in [-0.2, -0.15) is 0 Å². The van der Waals surface area contributed by atoms with E-state index in [1.165, 1.54) is 6.08 Å². The third-order valence-corrected chi connectivity index (χ3v) is 2.90. The molecule has 0 aliphatic heterocycles. The molecule has 0 spiro atoms. The third-order valence-electron chi connectivity index (χ3n) is 2.41. The van der Waals surface area contributed by atoms with Crippen LogP contribution in [0.1, 0.15) is 12.5 Å². The van der Waals surface area contributed by atoms with Crippen LogP contribution in [-0.4, -0.2) is 32.8 Å². The standard InChI is InChI=1S/C14H18BrNO3/c1-10(9-18-2)16-14(17)7-4-11-8-12(15)5-6-13(11)19-3/h4-8,10H,9H2,1-3H3,(H,16,17). The van der Waals surface area contributed by atoms with Crippen molar-refractivity contribution in [2.45, 2.75) is 13.0 Å². The van der Waals surface area contributed by atoms with Gasteiger partial charge in [-0.3, -0.25) is 4.79 Å². The van der Waals surface area contributed by atoms with E-state index in [4.69, 9.17) is 9.47 Å². The molecule has 1 unspecified atom stereocenters. The number of hydrogen-bond acceptors (Lipinski definition) is 3. The van der Waals surface area contributed by atoms with E-state index >= 15 is 0 Å². The quantitative estimate of drug-likeness (QED) is 0.817. The Balaban J connectivity index is 2.70. The number of benzene rings is 1. The van der Waals surface area contributed by atoms with Crippen molar-refractivity contribution in [2.75, 3.05) is 20.8 Å². The maximum absolute atomic E-state index is 11.7. The Labute approximate surface area is 121 Å². The molecule has 1 aromatic carbocycles. The normalized spacial score (nSPS) is 12.4. The molecule has 0 saturated heterocycles. The summed E-state index contributed by atoms with van der Waals surface area (Å²) in [5.74, 6) is 0.559. The lowest BCUT2D eigenvalue weighted by Crippen LogP contribution is -2.34. The second kappa shape index (κ2) is 7.96. The van der Waals surface area contributed by atoms with E-state index < -0.39 is 0 Å². The molecule has 1 N–H and O–H groups in total. The number of rotatable bonds is 6. The van der Waals surface area contributed by atoms with Gasteiger partial charge in [-0.05, 0) is 31.2 Å². The Morgan fingerprint density at radius 3 is 2.84 bits per heavy atom. The first-order valence-electron chi connectivity index (χ1n) is 5.88. The minimum atomic E-state index is -0.161. The fraction of sp³-hybridized carbons (Fsp3) is 0.357. The molecule has 1 rings (SSSR count). The smallest absolute Gasteiger partial charge is 0.244 e. The molecular formula is C14H18BrNO3. The molecule has 0 radical (unpaired) electrons. The van der Waals surface area contributed by atoms with Gasteiger partial charge in [0.2, 0.25) is 5.91 Å². The highest BCUT2D eigenvalue weighted by Gasteiger charge is 2.05.